The normalized spacial score (nSPS) is 7.60. The Morgan fingerprint density at radius 1 is 1.20 bits per heavy atom. The van der Waals surface area contributed by atoms with Gasteiger partial charge in [-0.05, 0) is 0 Å². The molecule has 0 fully saturated rings. The van der Waals surface area contributed by atoms with Crippen LogP contribution < -0.4 is 0 Å². The number of rotatable bonds is 2. The molecule has 0 bridgehead atoms. The molecule has 0 spiro atoms. The van der Waals surface area contributed by atoms with Gasteiger partial charge < -0.3 is 0 Å². The molecule has 0 saturated heterocycles. The molecule has 0 aromatic rings. The Morgan fingerprint density at radius 3 is 1.60 bits per heavy atom. The molecule has 0 nitrogen and oxygen atoms in total. The summed E-state index contributed by atoms with van der Waals surface area (Å²) in [6, 6.07) is 0. The van der Waals surface area contributed by atoms with Crippen molar-refractivity contribution in [3.8, 4) is 0 Å². The topological polar surface area (TPSA) is 0 Å². The molecule has 0 aromatic carbocycles. The maximum absolute atomic E-state index is 2.30. The van der Waals surface area contributed by atoms with Gasteiger partial charge in [-0.15, -0.1) is 0 Å². The van der Waals surface area contributed by atoms with Crippen LogP contribution >= 0.6 is 0 Å². The molecule has 0 atom stereocenters. The Balaban J connectivity index is 2.19. The van der Waals surface area contributed by atoms with Gasteiger partial charge in [-0.25, -0.2) is 0 Å². The number of hydrogen-bond acceptors (Lipinski definition) is 0. The second kappa shape index (κ2) is 4.62. The van der Waals surface area contributed by atoms with Crippen molar-refractivity contribution in [3.05, 3.63) is 0 Å². The van der Waals surface area contributed by atoms with Crippen LogP contribution in [0, 0.1) is 0 Å². The van der Waals surface area contributed by atoms with E-state index in [0.717, 1.165) is 0 Å². The summed E-state index contributed by atoms with van der Waals surface area (Å²) in [5.74, 6) is 0. The first kappa shape index (κ1) is 5.62. The third-order valence-electron chi connectivity index (χ3n) is 0.707. The van der Waals surface area contributed by atoms with Crippen molar-refractivity contribution in [1.82, 2.24) is 0 Å². The van der Waals surface area contributed by atoms with E-state index in [0.29, 0.717) is 0 Å². The average Bonchev–Trinajstić information content (AvgIpc) is 1.41. The molecular weight excluding hydrogens is 113 g/mol. The first-order valence-electron chi connectivity index (χ1n) is 2.41. The predicted octanol–water partition coefficient (Wildman–Crippen LogP) is 1.95. The molecule has 0 amide bonds. The molecule has 30 valence electrons. The molecule has 1 heteroatoms. The Kier molecular flexibility index (Phi) is 5.20. The first-order valence-corrected chi connectivity index (χ1v) is 6.61. The molecule has 0 heterocycles. The Bertz CT molecular complexity index is 11.1. The van der Waals surface area contributed by atoms with E-state index in [9.17, 15) is 0 Å². The van der Waals surface area contributed by atoms with Crippen LogP contribution in [0.2, 0.25) is 10.0 Å². The van der Waals surface area contributed by atoms with Crippen LogP contribution in [0.5, 0.6) is 0 Å². The molecule has 0 radical (unpaired) electrons. The molecule has 0 aliphatic rings. The van der Waals surface area contributed by atoms with Crippen LogP contribution in [0.25, 0.3) is 0 Å². The summed E-state index contributed by atoms with van der Waals surface area (Å²) < 4.78 is 0. The zero-order valence-corrected chi connectivity index (χ0v) is 7.09. The van der Waals surface area contributed by atoms with Gasteiger partial charge in [0.25, 0.3) is 0 Å². The van der Waals surface area contributed by atoms with Crippen molar-refractivity contribution in [3.63, 3.8) is 0 Å². The molecule has 5 heavy (non-hydrogen) atoms. The van der Waals surface area contributed by atoms with Gasteiger partial charge in [0.1, 0.15) is 0 Å². The van der Waals surface area contributed by atoms with Gasteiger partial charge in [0.15, 0.2) is 0 Å². The molecule has 0 aliphatic carbocycles. The third kappa shape index (κ3) is 4.62. The van der Waals surface area contributed by atoms with Crippen molar-refractivity contribution in [1.29, 1.82) is 0 Å². The van der Waals surface area contributed by atoms with E-state index >= 15 is 0 Å². The molecular formula is C4H10Zn-2. The molecule has 0 aliphatic heterocycles. The fourth-order valence-corrected chi connectivity index (χ4v) is 1.84. The SMILES string of the molecule is C[CH2][Zn-2][CH2]C. The monoisotopic (exact) mass is 122 g/mol. The van der Waals surface area contributed by atoms with E-state index in [-0.39, 0.29) is 17.1 Å². The van der Waals surface area contributed by atoms with Crippen LogP contribution in [-0.4, -0.2) is 0 Å². The van der Waals surface area contributed by atoms with Gasteiger partial charge in [0, 0.05) is 0 Å². The second-order valence-corrected chi connectivity index (χ2v) is 7.03. The summed E-state index contributed by atoms with van der Waals surface area (Å²) in [4.78, 5) is 0. The van der Waals surface area contributed by atoms with Gasteiger partial charge in [0.05, 0.1) is 0 Å². The summed E-state index contributed by atoms with van der Waals surface area (Å²) >= 11 is 0.0972. The summed E-state index contributed by atoms with van der Waals surface area (Å²) in [7, 11) is 0. The van der Waals surface area contributed by atoms with Crippen LogP contribution in [0.3, 0.4) is 0 Å². The number of hydrogen-bond donors (Lipinski definition) is 0. The standard InChI is InChI=1S/2C2H5.Zn/c2*1-2;/h2*1H2,2H3;/q;;-2. The minimum absolute atomic E-state index is 0.0972. The third-order valence-corrected chi connectivity index (χ3v) is 3.67. The van der Waals surface area contributed by atoms with E-state index in [2.05, 4.69) is 13.8 Å². The Morgan fingerprint density at radius 2 is 1.60 bits per heavy atom. The van der Waals surface area contributed by atoms with Gasteiger partial charge >= 0.3 is 41.0 Å². The molecule has 0 N–H and O–H groups in total. The maximum atomic E-state index is 2.30. The van der Waals surface area contributed by atoms with Crippen molar-refractivity contribution in [2.24, 2.45) is 0 Å². The van der Waals surface area contributed by atoms with Crippen LogP contribution in [0.4, 0.5) is 0 Å². The quantitative estimate of drug-likeness (QED) is 0.493. The zero-order chi connectivity index (χ0) is 4.12. The fraction of sp³-hybridized carbons (Fsp3) is 1.00. The van der Waals surface area contributed by atoms with Crippen LogP contribution in [-0.2, 0) is 17.1 Å². The summed E-state index contributed by atoms with van der Waals surface area (Å²) in [6.07, 6.45) is 0. The van der Waals surface area contributed by atoms with Gasteiger partial charge in [-0.1, -0.05) is 0 Å². The summed E-state index contributed by atoms with van der Waals surface area (Å²) in [5.41, 5.74) is 0. The molecule has 0 saturated carbocycles. The van der Waals surface area contributed by atoms with E-state index in [4.69, 9.17) is 0 Å². The minimum atomic E-state index is 0.0972. The van der Waals surface area contributed by atoms with E-state index in [1.54, 1.807) is 0 Å². The predicted molar refractivity (Wildman–Crippen MR) is 21.0 cm³/mol. The van der Waals surface area contributed by atoms with Crippen molar-refractivity contribution >= 4 is 0 Å². The second-order valence-electron chi connectivity index (χ2n) is 1.35. The van der Waals surface area contributed by atoms with E-state index < -0.39 is 0 Å². The van der Waals surface area contributed by atoms with E-state index in [1.165, 1.54) is 10.0 Å². The molecule has 0 aromatic heterocycles. The summed E-state index contributed by atoms with van der Waals surface area (Å²) in [5, 5.41) is 3.06. The Hall–Kier alpha value is 0.623. The molecule has 0 unspecified atom stereocenters. The van der Waals surface area contributed by atoms with Crippen molar-refractivity contribution < 1.29 is 17.1 Å². The average molecular weight is 124 g/mol. The van der Waals surface area contributed by atoms with E-state index in [1.807, 2.05) is 0 Å². The van der Waals surface area contributed by atoms with Gasteiger partial charge in [-0.3, -0.25) is 0 Å². The van der Waals surface area contributed by atoms with Crippen LogP contribution in [0.15, 0.2) is 0 Å². The Labute approximate surface area is 41.6 Å². The van der Waals surface area contributed by atoms with Crippen LogP contribution in [0.1, 0.15) is 13.8 Å². The summed E-state index contributed by atoms with van der Waals surface area (Å²) in [6.45, 7) is 4.59. The van der Waals surface area contributed by atoms with Crippen molar-refractivity contribution in [2.45, 2.75) is 23.9 Å². The van der Waals surface area contributed by atoms with Gasteiger partial charge in [0.2, 0.25) is 0 Å². The fourth-order valence-electron chi connectivity index (χ4n) is 0.354. The van der Waals surface area contributed by atoms with Crippen molar-refractivity contribution in [2.75, 3.05) is 0 Å². The molecule has 0 rings (SSSR count). The van der Waals surface area contributed by atoms with Gasteiger partial charge in [-0.2, -0.15) is 0 Å². The first-order chi connectivity index (χ1) is 2.41. The zero-order valence-electron chi connectivity index (χ0n) is 4.12.